The van der Waals surface area contributed by atoms with Crippen molar-refractivity contribution >= 4 is 11.9 Å². The molecule has 0 saturated carbocycles. The molecule has 1 aromatic rings. The van der Waals surface area contributed by atoms with Crippen LogP contribution in [0.2, 0.25) is 0 Å². The van der Waals surface area contributed by atoms with Gasteiger partial charge in [-0.05, 0) is 25.8 Å². The van der Waals surface area contributed by atoms with Gasteiger partial charge < -0.3 is 10.2 Å². The molecule has 5 nitrogen and oxygen atoms in total. The molecule has 1 aliphatic rings. The van der Waals surface area contributed by atoms with E-state index < -0.39 is 11.9 Å². The molecule has 0 unspecified atom stereocenters. The molecule has 0 aromatic heterocycles. The molecule has 1 aromatic carbocycles. The molecule has 0 bridgehead atoms. The van der Waals surface area contributed by atoms with Gasteiger partial charge in [0.15, 0.2) is 0 Å². The number of carboxylic acid groups (broad SMARTS) is 2. The highest BCUT2D eigenvalue weighted by Gasteiger charge is 2.13. The number of hydrogen-bond acceptors (Lipinski definition) is 3. The number of nitrogens with zero attached hydrogens (tertiary/aromatic N) is 1. The Kier molecular flexibility index (Phi) is 6.62. The van der Waals surface area contributed by atoms with E-state index >= 15 is 0 Å². The zero-order chi connectivity index (χ0) is 15.8. The average molecular weight is 291 g/mol. The van der Waals surface area contributed by atoms with E-state index in [0.29, 0.717) is 0 Å². The van der Waals surface area contributed by atoms with E-state index in [0.717, 1.165) is 13.1 Å². The van der Waals surface area contributed by atoms with Crippen molar-refractivity contribution in [2.24, 2.45) is 0 Å². The molecule has 0 amide bonds. The molecule has 0 fully saturated rings. The fourth-order valence-electron chi connectivity index (χ4n) is 2.07. The van der Waals surface area contributed by atoms with E-state index in [4.69, 9.17) is 19.8 Å². The van der Waals surface area contributed by atoms with Crippen molar-refractivity contribution in [3.05, 3.63) is 47.0 Å². The van der Waals surface area contributed by atoms with Gasteiger partial charge in [0.1, 0.15) is 0 Å². The van der Waals surface area contributed by atoms with Crippen LogP contribution in [0.25, 0.3) is 0 Å². The Bertz CT molecular complexity index is 510. The smallest absolute Gasteiger partial charge is 0.414 e. The van der Waals surface area contributed by atoms with E-state index in [1.807, 2.05) is 0 Å². The summed E-state index contributed by atoms with van der Waals surface area (Å²) in [5.41, 5.74) is 4.56. The van der Waals surface area contributed by atoms with Crippen molar-refractivity contribution in [1.82, 2.24) is 4.90 Å². The van der Waals surface area contributed by atoms with E-state index in [-0.39, 0.29) is 0 Å². The fraction of sp³-hybridized carbons (Fsp3) is 0.375. The monoisotopic (exact) mass is 291 g/mol. The molecule has 1 aliphatic heterocycles. The highest BCUT2D eigenvalue weighted by atomic mass is 16.4. The van der Waals surface area contributed by atoms with Crippen LogP contribution in [0.5, 0.6) is 0 Å². The largest absolute Gasteiger partial charge is 0.473 e. The van der Waals surface area contributed by atoms with Crippen LogP contribution in [0.15, 0.2) is 41.5 Å². The Labute approximate surface area is 124 Å². The van der Waals surface area contributed by atoms with Crippen LogP contribution in [0, 0.1) is 0 Å². The minimum Gasteiger partial charge on any atom is -0.473 e. The normalized spacial score (nSPS) is 15.1. The van der Waals surface area contributed by atoms with Gasteiger partial charge in [0.2, 0.25) is 0 Å². The quantitative estimate of drug-likeness (QED) is 0.646. The lowest BCUT2D eigenvalue weighted by Gasteiger charge is -2.28. The first-order valence-corrected chi connectivity index (χ1v) is 6.78. The molecule has 2 N–H and O–H groups in total. The maximum atomic E-state index is 9.10. The molecule has 5 heteroatoms. The van der Waals surface area contributed by atoms with Gasteiger partial charge in [-0.3, -0.25) is 4.90 Å². The summed E-state index contributed by atoms with van der Waals surface area (Å²) in [6.07, 6.45) is 1.23. The van der Waals surface area contributed by atoms with Crippen LogP contribution < -0.4 is 0 Å². The summed E-state index contributed by atoms with van der Waals surface area (Å²) >= 11 is 0. The number of aliphatic carboxylic acids is 2. The maximum Gasteiger partial charge on any atom is 0.414 e. The minimum atomic E-state index is -1.82. The number of rotatable bonds is 2. The summed E-state index contributed by atoms with van der Waals surface area (Å²) in [6, 6.07) is 10.7. The third kappa shape index (κ3) is 6.23. The summed E-state index contributed by atoms with van der Waals surface area (Å²) in [5, 5.41) is 14.8. The second kappa shape index (κ2) is 8.21. The Morgan fingerprint density at radius 3 is 2.10 bits per heavy atom. The van der Waals surface area contributed by atoms with Crippen LogP contribution >= 0.6 is 0 Å². The highest BCUT2D eigenvalue weighted by molar-refractivity contribution is 6.27. The molecule has 114 valence electrons. The third-order valence-corrected chi connectivity index (χ3v) is 3.42. The Morgan fingerprint density at radius 2 is 1.62 bits per heavy atom. The van der Waals surface area contributed by atoms with Crippen LogP contribution in [0.4, 0.5) is 0 Å². The number of carboxylic acids is 2. The van der Waals surface area contributed by atoms with Crippen LogP contribution in [0.1, 0.15) is 25.8 Å². The predicted octanol–water partition coefficient (Wildman–Crippen LogP) is 2.38. The predicted molar refractivity (Wildman–Crippen MR) is 80.0 cm³/mol. The molecule has 0 atom stereocenters. The second-order valence-electron chi connectivity index (χ2n) is 5.12. The highest BCUT2D eigenvalue weighted by Crippen LogP contribution is 2.18. The van der Waals surface area contributed by atoms with Gasteiger partial charge in [-0.2, -0.15) is 0 Å². The van der Waals surface area contributed by atoms with Crippen molar-refractivity contribution in [3.63, 3.8) is 0 Å². The van der Waals surface area contributed by atoms with Gasteiger partial charge in [-0.1, -0.05) is 41.5 Å². The third-order valence-electron chi connectivity index (χ3n) is 3.42. The van der Waals surface area contributed by atoms with Crippen molar-refractivity contribution in [1.29, 1.82) is 0 Å². The zero-order valence-electron chi connectivity index (χ0n) is 12.4. The average Bonchev–Trinajstić information content (AvgIpc) is 2.45. The van der Waals surface area contributed by atoms with Crippen molar-refractivity contribution in [2.75, 3.05) is 13.1 Å². The first kappa shape index (κ1) is 16.9. The van der Waals surface area contributed by atoms with E-state index in [9.17, 15) is 0 Å². The van der Waals surface area contributed by atoms with Gasteiger partial charge in [-0.25, -0.2) is 9.59 Å². The number of benzene rings is 1. The lowest BCUT2D eigenvalue weighted by molar-refractivity contribution is -0.159. The van der Waals surface area contributed by atoms with Gasteiger partial charge in [0.25, 0.3) is 0 Å². The van der Waals surface area contributed by atoms with Crippen LogP contribution in [-0.2, 0) is 16.1 Å². The Morgan fingerprint density at radius 1 is 1.05 bits per heavy atom. The molecule has 0 spiro atoms. The van der Waals surface area contributed by atoms with E-state index in [1.54, 1.807) is 11.1 Å². The molecule has 0 aliphatic carbocycles. The summed E-state index contributed by atoms with van der Waals surface area (Å²) in [5.74, 6) is -3.65. The van der Waals surface area contributed by atoms with Gasteiger partial charge in [0.05, 0.1) is 0 Å². The summed E-state index contributed by atoms with van der Waals surface area (Å²) in [4.78, 5) is 20.7. The van der Waals surface area contributed by atoms with E-state index in [2.05, 4.69) is 49.1 Å². The Balaban J connectivity index is 0.000000315. The lowest BCUT2D eigenvalue weighted by atomic mass is 10.0. The first-order valence-electron chi connectivity index (χ1n) is 6.78. The summed E-state index contributed by atoms with van der Waals surface area (Å²) < 4.78 is 0. The molecule has 0 radical (unpaired) electrons. The summed E-state index contributed by atoms with van der Waals surface area (Å²) in [6.45, 7) is 7.95. The zero-order valence-corrected chi connectivity index (χ0v) is 12.4. The van der Waals surface area contributed by atoms with Crippen molar-refractivity contribution in [3.8, 4) is 0 Å². The molecule has 21 heavy (non-hydrogen) atoms. The second-order valence-corrected chi connectivity index (χ2v) is 5.12. The number of hydrogen-bond donors (Lipinski definition) is 2. The molecule has 0 saturated heterocycles. The minimum absolute atomic E-state index is 1.09. The van der Waals surface area contributed by atoms with Crippen molar-refractivity contribution < 1.29 is 19.8 Å². The van der Waals surface area contributed by atoms with Gasteiger partial charge in [0, 0.05) is 19.6 Å². The van der Waals surface area contributed by atoms with Crippen LogP contribution in [-0.4, -0.2) is 40.1 Å². The fourth-order valence-corrected chi connectivity index (χ4v) is 2.07. The summed E-state index contributed by atoms with van der Waals surface area (Å²) in [7, 11) is 0. The number of carbonyl (C=O) groups is 2. The van der Waals surface area contributed by atoms with Gasteiger partial charge in [-0.15, -0.1) is 0 Å². The topological polar surface area (TPSA) is 77.8 Å². The molecule has 2 rings (SSSR count). The molecular weight excluding hydrogens is 270 g/mol. The van der Waals surface area contributed by atoms with Crippen LogP contribution in [0.3, 0.4) is 0 Å². The molecule has 1 heterocycles. The molecular formula is C16H21NO4. The van der Waals surface area contributed by atoms with E-state index in [1.165, 1.54) is 18.5 Å². The standard InChI is InChI=1S/C14H19N.C2H2O4/c1-12-8-9-15(10-13(12)2)11-14-6-4-3-5-7-14;3-1(4)2(5)6/h3-7H,8-11H2,1-2H3;(H,3,4)(H,5,6). The lowest BCUT2D eigenvalue weighted by Crippen LogP contribution is -2.30. The first-order chi connectivity index (χ1) is 9.90. The van der Waals surface area contributed by atoms with Crippen molar-refractivity contribution in [2.45, 2.75) is 26.8 Å². The maximum absolute atomic E-state index is 9.10. The van der Waals surface area contributed by atoms with Gasteiger partial charge >= 0.3 is 11.9 Å². The SMILES string of the molecule is CC1=C(C)CN(Cc2ccccc2)CC1.O=C(O)C(=O)O. The Hall–Kier alpha value is -2.14.